The maximum Gasteiger partial charge on any atom is 0.327 e. The number of likely N-dealkylation sites (tertiary alicyclic amines) is 1. The molecule has 0 atom stereocenters. The zero-order valence-electron chi connectivity index (χ0n) is 10.4. The average molecular weight is 271 g/mol. The molecule has 0 aromatic heterocycles. The quantitative estimate of drug-likeness (QED) is 0.660. The van der Waals surface area contributed by atoms with Crippen LogP contribution in [0.2, 0.25) is 0 Å². The van der Waals surface area contributed by atoms with Crippen LogP contribution in [0.3, 0.4) is 0 Å². The van der Waals surface area contributed by atoms with Gasteiger partial charge in [0, 0.05) is 25.2 Å². The van der Waals surface area contributed by atoms with Crippen LogP contribution in [0.5, 0.6) is 0 Å². The van der Waals surface area contributed by atoms with Crippen molar-refractivity contribution in [1.29, 1.82) is 0 Å². The summed E-state index contributed by atoms with van der Waals surface area (Å²) in [5, 5.41) is 13.5. The van der Waals surface area contributed by atoms with Gasteiger partial charge in [0.05, 0.1) is 4.92 Å². The van der Waals surface area contributed by atoms with E-state index < -0.39 is 22.2 Å². The molecule has 1 saturated heterocycles. The molecular formula is C12H15F2N3O2. The molecule has 1 aromatic rings. The highest BCUT2D eigenvalue weighted by atomic mass is 19.1. The average Bonchev–Trinajstić information content (AvgIpc) is 2.80. The van der Waals surface area contributed by atoms with Gasteiger partial charge < -0.3 is 10.2 Å². The molecule has 1 heterocycles. The molecule has 5 nitrogen and oxygen atoms in total. The largest absolute Gasteiger partial charge is 0.378 e. The van der Waals surface area contributed by atoms with E-state index in [0.717, 1.165) is 32.0 Å². The van der Waals surface area contributed by atoms with E-state index in [-0.39, 0.29) is 5.69 Å². The monoisotopic (exact) mass is 271 g/mol. The fraction of sp³-hybridized carbons (Fsp3) is 0.500. The third-order valence-corrected chi connectivity index (χ3v) is 3.15. The molecule has 0 radical (unpaired) electrons. The van der Waals surface area contributed by atoms with Crippen LogP contribution >= 0.6 is 0 Å². The van der Waals surface area contributed by atoms with Crippen LogP contribution in [-0.4, -0.2) is 36.0 Å². The number of anilines is 1. The van der Waals surface area contributed by atoms with Crippen LogP contribution in [0.25, 0.3) is 0 Å². The van der Waals surface area contributed by atoms with Crippen LogP contribution in [0, 0.1) is 21.7 Å². The summed E-state index contributed by atoms with van der Waals surface area (Å²) >= 11 is 0. The first-order valence-corrected chi connectivity index (χ1v) is 6.17. The zero-order valence-corrected chi connectivity index (χ0v) is 10.4. The molecule has 1 aliphatic heterocycles. The highest BCUT2D eigenvalue weighted by molar-refractivity contribution is 5.62. The predicted octanol–water partition coefficient (Wildman–Crippen LogP) is 2.38. The molecule has 2 rings (SSSR count). The fourth-order valence-corrected chi connectivity index (χ4v) is 2.24. The molecule has 0 saturated carbocycles. The molecule has 7 heteroatoms. The molecule has 1 aromatic carbocycles. The Hall–Kier alpha value is -1.76. The van der Waals surface area contributed by atoms with E-state index in [1.54, 1.807) is 0 Å². The highest BCUT2D eigenvalue weighted by Crippen LogP contribution is 2.28. The molecule has 0 spiro atoms. The first-order valence-electron chi connectivity index (χ1n) is 6.17. The van der Waals surface area contributed by atoms with E-state index in [1.807, 2.05) is 0 Å². The van der Waals surface area contributed by atoms with Gasteiger partial charge in [-0.1, -0.05) is 0 Å². The van der Waals surface area contributed by atoms with Gasteiger partial charge in [-0.05, 0) is 25.9 Å². The van der Waals surface area contributed by atoms with Gasteiger partial charge in [0.2, 0.25) is 5.82 Å². The fourth-order valence-electron chi connectivity index (χ4n) is 2.24. The summed E-state index contributed by atoms with van der Waals surface area (Å²) in [5.74, 6) is -1.99. The molecule has 19 heavy (non-hydrogen) atoms. The summed E-state index contributed by atoms with van der Waals surface area (Å²) in [5.41, 5.74) is -0.815. The minimum absolute atomic E-state index is 0.110. The standard InChI is InChI=1S/C12H15F2N3O2/c13-9-7-10(14)12(17(18)19)11(8-9)15-3-6-16-4-1-2-5-16/h7-8,15H,1-6H2. The molecule has 1 fully saturated rings. The number of hydrogen-bond acceptors (Lipinski definition) is 4. The SMILES string of the molecule is O=[N+]([O-])c1c(F)cc(F)cc1NCCN1CCCC1. The number of benzene rings is 1. The molecular weight excluding hydrogens is 256 g/mol. The van der Waals surface area contributed by atoms with Crippen molar-refractivity contribution in [3.8, 4) is 0 Å². The Morgan fingerprint density at radius 1 is 1.32 bits per heavy atom. The Kier molecular flexibility index (Phi) is 4.26. The molecule has 0 amide bonds. The molecule has 0 unspecified atom stereocenters. The van der Waals surface area contributed by atoms with Gasteiger partial charge in [-0.2, -0.15) is 4.39 Å². The summed E-state index contributed by atoms with van der Waals surface area (Å²) in [6, 6.07) is 1.47. The predicted molar refractivity (Wildman–Crippen MR) is 67.2 cm³/mol. The van der Waals surface area contributed by atoms with Crippen LogP contribution in [-0.2, 0) is 0 Å². The summed E-state index contributed by atoms with van der Waals surface area (Å²) in [4.78, 5) is 12.1. The van der Waals surface area contributed by atoms with Crippen molar-refractivity contribution in [2.45, 2.75) is 12.8 Å². The highest BCUT2D eigenvalue weighted by Gasteiger charge is 2.22. The van der Waals surface area contributed by atoms with Crippen molar-refractivity contribution in [1.82, 2.24) is 4.90 Å². The summed E-state index contributed by atoms with van der Waals surface area (Å²) in [6.07, 6.45) is 2.30. The summed E-state index contributed by atoms with van der Waals surface area (Å²) in [7, 11) is 0. The van der Waals surface area contributed by atoms with Crippen LogP contribution < -0.4 is 5.32 Å². The van der Waals surface area contributed by atoms with Gasteiger partial charge in [0.25, 0.3) is 0 Å². The van der Waals surface area contributed by atoms with E-state index in [1.165, 1.54) is 0 Å². The lowest BCUT2D eigenvalue weighted by atomic mass is 10.2. The van der Waals surface area contributed by atoms with Crippen LogP contribution in [0.15, 0.2) is 12.1 Å². The van der Waals surface area contributed by atoms with Gasteiger partial charge in [0.15, 0.2) is 0 Å². The third kappa shape index (κ3) is 3.37. The number of nitrogens with zero attached hydrogens (tertiary/aromatic N) is 2. The Morgan fingerprint density at radius 3 is 2.63 bits per heavy atom. The normalized spacial score (nSPS) is 15.7. The molecule has 104 valence electrons. The van der Waals surface area contributed by atoms with Gasteiger partial charge in [0.1, 0.15) is 11.5 Å². The lowest BCUT2D eigenvalue weighted by Gasteiger charge is -2.15. The van der Waals surface area contributed by atoms with Crippen molar-refractivity contribution in [3.05, 3.63) is 33.9 Å². The summed E-state index contributed by atoms with van der Waals surface area (Å²) in [6.45, 7) is 3.13. The first kappa shape index (κ1) is 13.7. The van der Waals surface area contributed by atoms with Crippen LogP contribution in [0.1, 0.15) is 12.8 Å². The van der Waals surface area contributed by atoms with Gasteiger partial charge in [-0.15, -0.1) is 0 Å². The van der Waals surface area contributed by atoms with E-state index >= 15 is 0 Å². The van der Waals surface area contributed by atoms with Crippen molar-refractivity contribution in [2.24, 2.45) is 0 Å². The molecule has 0 bridgehead atoms. The second kappa shape index (κ2) is 5.92. The lowest BCUT2D eigenvalue weighted by molar-refractivity contribution is -0.386. The number of rotatable bonds is 5. The topological polar surface area (TPSA) is 58.4 Å². The maximum atomic E-state index is 13.4. The first-order chi connectivity index (χ1) is 9.08. The number of hydrogen-bond donors (Lipinski definition) is 1. The smallest absolute Gasteiger partial charge is 0.327 e. The third-order valence-electron chi connectivity index (χ3n) is 3.15. The second-order valence-electron chi connectivity index (χ2n) is 4.52. The summed E-state index contributed by atoms with van der Waals surface area (Å²) < 4.78 is 26.4. The lowest BCUT2D eigenvalue weighted by Crippen LogP contribution is -2.26. The minimum Gasteiger partial charge on any atom is -0.378 e. The van der Waals surface area contributed by atoms with E-state index in [0.29, 0.717) is 19.2 Å². The number of nitrogens with one attached hydrogen (secondary N) is 1. The number of halogens is 2. The van der Waals surface area contributed by atoms with Crippen molar-refractivity contribution < 1.29 is 13.7 Å². The maximum absolute atomic E-state index is 13.4. The Labute approximate surface area is 109 Å². The Bertz CT molecular complexity index is 476. The zero-order chi connectivity index (χ0) is 13.8. The van der Waals surface area contributed by atoms with E-state index in [4.69, 9.17) is 0 Å². The molecule has 0 aliphatic carbocycles. The number of nitro groups is 1. The van der Waals surface area contributed by atoms with Gasteiger partial charge in [-0.3, -0.25) is 10.1 Å². The van der Waals surface area contributed by atoms with Crippen molar-refractivity contribution in [2.75, 3.05) is 31.5 Å². The van der Waals surface area contributed by atoms with E-state index in [9.17, 15) is 18.9 Å². The van der Waals surface area contributed by atoms with Crippen molar-refractivity contribution in [3.63, 3.8) is 0 Å². The van der Waals surface area contributed by atoms with Crippen molar-refractivity contribution >= 4 is 11.4 Å². The molecule has 1 N–H and O–H groups in total. The Morgan fingerprint density at radius 2 is 2.00 bits per heavy atom. The molecule has 1 aliphatic rings. The van der Waals surface area contributed by atoms with Crippen LogP contribution in [0.4, 0.5) is 20.2 Å². The van der Waals surface area contributed by atoms with E-state index in [2.05, 4.69) is 10.2 Å². The van der Waals surface area contributed by atoms with Gasteiger partial charge >= 0.3 is 5.69 Å². The second-order valence-corrected chi connectivity index (χ2v) is 4.52. The van der Waals surface area contributed by atoms with Gasteiger partial charge in [-0.25, -0.2) is 4.39 Å². The Balaban J connectivity index is 2.03. The number of nitro benzene ring substituents is 1. The minimum atomic E-state index is -1.16.